The molecular weight excluding hydrogens is 444 g/mol. The molecule has 0 spiro atoms. The van der Waals surface area contributed by atoms with Gasteiger partial charge < -0.3 is 26.2 Å². The highest BCUT2D eigenvalue weighted by atomic mass is 15.2. The normalized spacial score (nSPS) is 14.8. The highest BCUT2D eigenvalue weighted by Crippen LogP contribution is 2.23. The van der Waals surface area contributed by atoms with Gasteiger partial charge >= 0.3 is 0 Å². The van der Waals surface area contributed by atoms with Gasteiger partial charge in [-0.15, -0.1) is 19.6 Å². The average molecular weight is 485 g/mol. The van der Waals surface area contributed by atoms with E-state index < -0.39 is 0 Å². The second-order valence-electron chi connectivity index (χ2n) is 8.81. The summed E-state index contributed by atoms with van der Waals surface area (Å²) in [6.45, 7) is 14.5. The van der Waals surface area contributed by atoms with Gasteiger partial charge in [-0.1, -0.05) is 24.6 Å². The number of hydrogen-bond acceptors (Lipinski definition) is 6. The van der Waals surface area contributed by atoms with Crippen LogP contribution in [-0.4, -0.2) is 50.2 Å². The fourth-order valence-corrected chi connectivity index (χ4v) is 4.09. The number of pyridine rings is 1. The van der Waals surface area contributed by atoms with Crippen molar-refractivity contribution in [2.75, 3.05) is 39.1 Å². The topological polar surface area (TPSA) is 69.4 Å². The Morgan fingerprint density at radius 2 is 1.92 bits per heavy atom. The van der Waals surface area contributed by atoms with Gasteiger partial charge in [0.05, 0.1) is 11.4 Å². The van der Waals surface area contributed by atoms with Crippen LogP contribution in [0.15, 0.2) is 68.2 Å². The van der Waals surface area contributed by atoms with Gasteiger partial charge in [0.1, 0.15) is 5.82 Å². The Hall–Kier alpha value is -3.95. The number of aryl methyl sites for hydroxylation is 1. The molecule has 0 atom stereocenters. The summed E-state index contributed by atoms with van der Waals surface area (Å²) in [7, 11) is 6.12. The predicted octanol–water partition coefficient (Wildman–Crippen LogP) is 4.43. The van der Waals surface area contributed by atoms with Gasteiger partial charge in [-0.2, -0.15) is 0 Å². The number of likely N-dealkylation sites (tertiary alicyclic amines) is 1. The zero-order valence-corrected chi connectivity index (χ0v) is 22.1. The molecule has 1 aromatic heterocycles. The summed E-state index contributed by atoms with van der Waals surface area (Å²) >= 11 is 0. The maximum Gasteiger partial charge on any atom is 0.129 e. The van der Waals surface area contributed by atoms with Crippen LogP contribution in [-0.2, 0) is 0 Å². The van der Waals surface area contributed by atoms with E-state index in [4.69, 9.17) is 12.2 Å². The number of nitrogens with two attached hydrogens (primary N) is 1. The highest BCUT2D eigenvalue weighted by molar-refractivity contribution is 5.72. The van der Waals surface area contributed by atoms with Crippen molar-refractivity contribution in [1.82, 2.24) is 20.5 Å². The minimum absolute atomic E-state index is 0.487. The Morgan fingerprint density at radius 1 is 1.22 bits per heavy atom. The lowest BCUT2D eigenvalue weighted by molar-refractivity contribution is 0.252. The van der Waals surface area contributed by atoms with Gasteiger partial charge in [0.25, 0.3) is 0 Å². The first-order valence-corrected chi connectivity index (χ1v) is 12.1. The summed E-state index contributed by atoms with van der Waals surface area (Å²) in [5.74, 6) is 3.69. The molecule has 3 rings (SSSR count). The van der Waals surface area contributed by atoms with E-state index in [0.29, 0.717) is 17.4 Å². The second-order valence-corrected chi connectivity index (χ2v) is 8.81. The molecule has 6 heteroatoms. The van der Waals surface area contributed by atoms with Gasteiger partial charge in [-0.3, -0.25) is 0 Å². The average Bonchev–Trinajstić information content (AvgIpc) is 2.90. The van der Waals surface area contributed by atoms with Crippen LogP contribution in [0, 0.1) is 19.3 Å². The summed E-state index contributed by atoms with van der Waals surface area (Å²) in [6, 6.07) is 10.6. The van der Waals surface area contributed by atoms with E-state index in [0.717, 1.165) is 59.7 Å². The fraction of sp³-hybridized carbons (Fsp3) is 0.300. The number of rotatable bonds is 8. The summed E-state index contributed by atoms with van der Waals surface area (Å²) in [5, 5.41) is 6.27. The van der Waals surface area contributed by atoms with Crippen molar-refractivity contribution in [3.05, 3.63) is 90.4 Å². The van der Waals surface area contributed by atoms with Crippen LogP contribution in [0.5, 0.6) is 0 Å². The van der Waals surface area contributed by atoms with E-state index >= 15 is 0 Å². The van der Waals surface area contributed by atoms with E-state index in [1.54, 1.807) is 6.20 Å². The predicted molar refractivity (Wildman–Crippen MR) is 156 cm³/mol. The van der Waals surface area contributed by atoms with E-state index in [1.807, 2.05) is 50.5 Å². The third kappa shape index (κ3) is 7.53. The third-order valence-corrected chi connectivity index (χ3v) is 6.34. The minimum Gasteiger partial charge on any atom is -0.397 e. The number of nitrogens with zero attached hydrogens (tertiary/aromatic N) is 3. The van der Waals surface area contributed by atoms with Gasteiger partial charge in [-0.05, 0) is 80.9 Å². The van der Waals surface area contributed by atoms with Crippen molar-refractivity contribution >= 4 is 23.3 Å². The molecule has 0 saturated carbocycles. The molecule has 1 aliphatic rings. The SMILES string of the molecule is C#C/C(=C\c1cc(/C(N)=C/NC)ccc1C)NC(=C)c1ccnc(N(C)C2CCN(C)CC2)c1.C=C. The van der Waals surface area contributed by atoms with Crippen LogP contribution >= 0.6 is 0 Å². The lowest BCUT2D eigenvalue weighted by Gasteiger charge is -2.35. The van der Waals surface area contributed by atoms with Crippen LogP contribution in [0.2, 0.25) is 0 Å². The molecular formula is C30H40N6. The first-order valence-electron chi connectivity index (χ1n) is 12.1. The largest absolute Gasteiger partial charge is 0.397 e. The van der Waals surface area contributed by atoms with Crippen LogP contribution in [0.25, 0.3) is 17.5 Å². The van der Waals surface area contributed by atoms with Gasteiger partial charge in [0, 0.05) is 43.8 Å². The lowest BCUT2D eigenvalue weighted by Crippen LogP contribution is -2.42. The smallest absolute Gasteiger partial charge is 0.129 e. The molecule has 36 heavy (non-hydrogen) atoms. The Morgan fingerprint density at radius 3 is 2.56 bits per heavy atom. The molecule has 1 saturated heterocycles. The molecule has 0 aliphatic carbocycles. The summed E-state index contributed by atoms with van der Waals surface area (Å²) < 4.78 is 0. The molecule has 6 nitrogen and oxygen atoms in total. The van der Waals surface area contributed by atoms with Crippen LogP contribution in [0.3, 0.4) is 0 Å². The quantitative estimate of drug-likeness (QED) is 0.380. The summed E-state index contributed by atoms with van der Waals surface area (Å²) in [6.07, 6.45) is 13.6. The Bertz CT molecular complexity index is 1130. The number of terminal acetylenes is 1. The van der Waals surface area contributed by atoms with E-state index in [9.17, 15) is 0 Å². The third-order valence-electron chi connectivity index (χ3n) is 6.34. The number of allylic oxidation sites excluding steroid dienone is 1. The van der Waals surface area contributed by atoms with Gasteiger partial charge in [-0.25, -0.2) is 4.98 Å². The standard InChI is InChI=1S/C28H36N6.C2H4/c1-7-25(17-24-16-23(9-8-20(24)2)27(29)19-30-4)32-21(3)22-10-13-31-28(18-22)34(6)26-11-14-33(5)15-12-26;1-2/h1,8-10,13,16-19,26,30,32H,3,11-12,14-15,29H2,2,4-6H3;1-2H2/b25-17+,27-19-;. The Balaban J connectivity index is 0.00000222. The first-order chi connectivity index (χ1) is 17.3. The number of aromatic nitrogens is 1. The van der Waals surface area contributed by atoms with Crippen LogP contribution in [0.4, 0.5) is 5.82 Å². The molecule has 1 fully saturated rings. The minimum atomic E-state index is 0.487. The van der Waals surface area contributed by atoms with E-state index in [1.165, 1.54) is 0 Å². The van der Waals surface area contributed by atoms with E-state index in [2.05, 4.69) is 71.2 Å². The molecule has 190 valence electrons. The second kappa shape index (κ2) is 13.8. The first kappa shape index (κ1) is 28.3. The number of anilines is 1. The molecule has 1 aliphatic heterocycles. The zero-order chi connectivity index (χ0) is 26.7. The van der Waals surface area contributed by atoms with Crippen molar-refractivity contribution in [2.45, 2.75) is 25.8 Å². The molecule has 4 N–H and O–H groups in total. The van der Waals surface area contributed by atoms with Crippen molar-refractivity contribution in [3.63, 3.8) is 0 Å². The van der Waals surface area contributed by atoms with Crippen LogP contribution in [0.1, 0.15) is 35.1 Å². The number of nitrogens with one attached hydrogen (secondary N) is 2. The van der Waals surface area contributed by atoms with Crippen LogP contribution < -0.4 is 21.3 Å². The molecule has 0 amide bonds. The molecule has 1 aromatic carbocycles. The zero-order valence-electron chi connectivity index (χ0n) is 22.1. The number of piperidine rings is 1. The monoisotopic (exact) mass is 484 g/mol. The maximum atomic E-state index is 6.14. The fourth-order valence-electron chi connectivity index (χ4n) is 4.09. The number of hydrogen-bond donors (Lipinski definition) is 3. The maximum absolute atomic E-state index is 6.14. The van der Waals surface area contributed by atoms with Crippen molar-refractivity contribution in [3.8, 4) is 12.3 Å². The van der Waals surface area contributed by atoms with Crippen molar-refractivity contribution in [2.24, 2.45) is 5.73 Å². The highest BCUT2D eigenvalue weighted by Gasteiger charge is 2.21. The van der Waals surface area contributed by atoms with E-state index in [-0.39, 0.29) is 0 Å². The molecule has 0 unspecified atom stereocenters. The van der Waals surface area contributed by atoms with Gasteiger partial charge in [0.15, 0.2) is 0 Å². The van der Waals surface area contributed by atoms with Gasteiger partial charge in [0.2, 0.25) is 0 Å². The van der Waals surface area contributed by atoms with Crippen molar-refractivity contribution in [1.29, 1.82) is 0 Å². The van der Waals surface area contributed by atoms with Crippen molar-refractivity contribution < 1.29 is 0 Å². The molecule has 2 aromatic rings. The molecule has 0 bridgehead atoms. The summed E-state index contributed by atoms with van der Waals surface area (Å²) in [4.78, 5) is 9.25. The molecule has 2 heterocycles. The molecule has 0 radical (unpaired) electrons. The lowest BCUT2D eigenvalue weighted by atomic mass is 10.0. The number of benzene rings is 1. The Labute approximate surface area is 217 Å². The Kier molecular flexibility index (Phi) is 10.9. The summed E-state index contributed by atoms with van der Waals surface area (Å²) in [5.41, 5.74) is 12.1.